The van der Waals surface area contributed by atoms with Gasteiger partial charge in [-0.25, -0.2) is 0 Å². The number of likely N-dealkylation sites (tertiary alicyclic amines) is 1. The molecule has 1 aromatic heterocycles. The number of nitrogens with zero attached hydrogens (tertiary/aromatic N) is 1. The van der Waals surface area contributed by atoms with Crippen LogP contribution in [0.3, 0.4) is 0 Å². The van der Waals surface area contributed by atoms with Gasteiger partial charge in [0.1, 0.15) is 11.5 Å². The molecule has 0 bridgehead atoms. The summed E-state index contributed by atoms with van der Waals surface area (Å²) >= 11 is 0. The zero-order valence-corrected chi connectivity index (χ0v) is 11.4. The highest BCUT2D eigenvalue weighted by molar-refractivity contribution is 5.10. The van der Waals surface area contributed by atoms with Crippen LogP contribution in [0.1, 0.15) is 43.7 Å². The molecule has 1 aliphatic heterocycles. The number of furan rings is 1. The van der Waals surface area contributed by atoms with E-state index in [9.17, 15) is 5.11 Å². The van der Waals surface area contributed by atoms with Gasteiger partial charge in [-0.3, -0.25) is 4.90 Å². The lowest BCUT2D eigenvalue weighted by atomic mass is 9.98. The maximum atomic E-state index is 10.1. The van der Waals surface area contributed by atoms with Crippen LogP contribution in [0.15, 0.2) is 16.5 Å². The molecule has 18 heavy (non-hydrogen) atoms. The van der Waals surface area contributed by atoms with Gasteiger partial charge in [-0.15, -0.1) is 0 Å². The molecule has 1 aliphatic rings. The van der Waals surface area contributed by atoms with Gasteiger partial charge in [0.25, 0.3) is 0 Å². The van der Waals surface area contributed by atoms with Crippen molar-refractivity contribution in [3.8, 4) is 0 Å². The Morgan fingerprint density at radius 1 is 1.44 bits per heavy atom. The van der Waals surface area contributed by atoms with Crippen molar-refractivity contribution in [2.24, 2.45) is 5.73 Å². The number of nitrogens with two attached hydrogens (primary N) is 1. The minimum atomic E-state index is -0.535. The number of hydrogen-bond acceptors (Lipinski definition) is 4. The zero-order chi connectivity index (χ0) is 13.2. The second-order valence-corrected chi connectivity index (χ2v) is 5.59. The molecule has 102 valence electrons. The molecular weight excluding hydrogens is 228 g/mol. The van der Waals surface area contributed by atoms with Gasteiger partial charge in [0.2, 0.25) is 0 Å². The third kappa shape index (κ3) is 3.13. The minimum absolute atomic E-state index is 0.132. The Hall–Kier alpha value is -0.840. The fourth-order valence-corrected chi connectivity index (χ4v) is 2.67. The Labute approximate surface area is 109 Å². The number of hydrogen-bond donors (Lipinski definition) is 2. The number of aryl methyl sites for hydroxylation is 1. The van der Waals surface area contributed by atoms with Crippen LogP contribution in [-0.4, -0.2) is 35.2 Å². The quantitative estimate of drug-likeness (QED) is 0.861. The standard InChI is InChI=1S/C14H24N2O2/c1-11-4-5-13(18-11)12(10-15)16-8-3-6-14(2,17)7-9-16/h4-5,12,17H,3,6-10,15H2,1-2H3. The summed E-state index contributed by atoms with van der Waals surface area (Å²) in [7, 11) is 0. The third-order valence-corrected chi connectivity index (χ3v) is 3.85. The first-order valence-electron chi connectivity index (χ1n) is 6.75. The minimum Gasteiger partial charge on any atom is -0.465 e. The number of aliphatic hydroxyl groups is 1. The average molecular weight is 252 g/mol. The van der Waals surface area contributed by atoms with E-state index in [1.54, 1.807) is 0 Å². The monoisotopic (exact) mass is 252 g/mol. The van der Waals surface area contributed by atoms with Crippen LogP contribution in [0.25, 0.3) is 0 Å². The fourth-order valence-electron chi connectivity index (χ4n) is 2.67. The van der Waals surface area contributed by atoms with Gasteiger partial charge in [-0.05, 0) is 51.8 Å². The smallest absolute Gasteiger partial charge is 0.122 e. The molecular formula is C14H24N2O2. The molecule has 3 N–H and O–H groups in total. The SMILES string of the molecule is Cc1ccc(C(CN)N2CCCC(C)(O)CC2)o1. The largest absolute Gasteiger partial charge is 0.465 e. The highest BCUT2D eigenvalue weighted by atomic mass is 16.3. The van der Waals surface area contributed by atoms with Crippen LogP contribution in [0.4, 0.5) is 0 Å². The molecule has 0 radical (unpaired) electrons. The molecule has 0 aromatic carbocycles. The Kier molecular flexibility index (Phi) is 4.10. The van der Waals surface area contributed by atoms with Crippen LogP contribution < -0.4 is 5.73 Å². The van der Waals surface area contributed by atoms with E-state index in [4.69, 9.17) is 10.2 Å². The first kappa shape index (κ1) is 13.6. The average Bonchev–Trinajstić information content (AvgIpc) is 2.64. The van der Waals surface area contributed by atoms with Gasteiger partial charge in [0.05, 0.1) is 11.6 Å². The second-order valence-electron chi connectivity index (χ2n) is 5.59. The lowest BCUT2D eigenvalue weighted by molar-refractivity contribution is 0.0425. The molecule has 1 saturated heterocycles. The van der Waals surface area contributed by atoms with Crippen molar-refractivity contribution in [3.05, 3.63) is 23.7 Å². The van der Waals surface area contributed by atoms with Gasteiger partial charge in [-0.2, -0.15) is 0 Å². The Balaban J connectivity index is 2.08. The van der Waals surface area contributed by atoms with Crippen LogP contribution >= 0.6 is 0 Å². The molecule has 0 spiro atoms. The van der Waals surface area contributed by atoms with E-state index in [0.717, 1.165) is 43.9 Å². The predicted molar refractivity (Wildman–Crippen MR) is 71.3 cm³/mol. The van der Waals surface area contributed by atoms with Gasteiger partial charge in [-0.1, -0.05) is 0 Å². The van der Waals surface area contributed by atoms with Gasteiger partial charge in [0, 0.05) is 13.1 Å². The molecule has 2 heterocycles. The van der Waals surface area contributed by atoms with Crippen LogP contribution in [-0.2, 0) is 0 Å². The van der Waals surface area contributed by atoms with E-state index >= 15 is 0 Å². The molecule has 2 unspecified atom stereocenters. The lowest BCUT2D eigenvalue weighted by Gasteiger charge is -2.28. The Morgan fingerprint density at radius 3 is 2.83 bits per heavy atom. The Morgan fingerprint density at radius 2 is 2.22 bits per heavy atom. The van der Waals surface area contributed by atoms with Crippen molar-refractivity contribution >= 4 is 0 Å². The molecule has 2 rings (SSSR count). The summed E-state index contributed by atoms with van der Waals surface area (Å²) in [5, 5.41) is 10.1. The molecule has 2 atom stereocenters. The van der Waals surface area contributed by atoms with E-state index < -0.39 is 5.60 Å². The Bertz CT molecular complexity index is 387. The van der Waals surface area contributed by atoms with Crippen LogP contribution in [0.5, 0.6) is 0 Å². The van der Waals surface area contributed by atoms with E-state index in [1.807, 2.05) is 26.0 Å². The van der Waals surface area contributed by atoms with Crippen molar-refractivity contribution in [3.63, 3.8) is 0 Å². The summed E-state index contributed by atoms with van der Waals surface area (Å²) in [6, 6.07) is 4.12. The summed E-state index contributed by atoms with van der Waals surface area (Å²) < 4.78 is 5.70. The van der Waals surface area contributed by atoms with Gasteiger partial charge in [0.15, 0.2) is 0 Å². The molecule has 0 saturated carbocycles. The third-order valence-electron chi connectivity index (χ3n) is 3.85. The first-order chi connectivity index (χ1) is 8.52. The maximum absolute atomic E-state index is 10.1. The van der Waals surface area contributed by atoms with Crippen LogP contribution in [0.2, 0.25) is 0 Å². The lowest BCUT2D eigenvalue weighted by Crippen LogP contribution is -2.35. The predicted octanol–water partition coefficient (Wildman–Crippen LogP) is 1.82. The van der Waals surface area contributed by atoms with E-state index in [-0.39, 0.29) is 6.04 Å². The van der Waals surface area contributed by atoms with Crippen molar-refractivity contribution in [1.29, 1.82) is 0 Å². The van der Waals surface area contributed by atoms with Crippen molar-refractivity contribution in [1.82, 2.24) is 4.90 Å². The summed E-state index contributed by atoms with van der Waals surface area (Å²) in [5.74, 6) is 1.86. The van der Waals surface area contributed by atoms with Crippen molar-refractivity contribution in [2.75, 3.05) is 19.6 Å². The van der Waals surface area contributed by atoms with E-state index in [0.29, 0.717) is 6.54 Å². The summed E-state index contributed by atoms with van der Waals surface area (Å²) in [4.78, 5) is 2.33. The topological polar surface area (TPSA) is 62.6 Å². The number of rotatable bonds is 3. The fraction of sp³-hybridized carbons (Fsp3) is 0.714. The molecule has 0 amide bonds. The molecule has 1 fully saturated rings. The van der Waals surface area contributed by atoms with E-state index in [2.05, 4.69) is 4.90 Å². The molecule has 4 nitrogen and oxygen atoms in total. The van der Waals surface area contributed by atoms with Crippen LogP contribution in [0, 0.1) is 6.92 Å². The summed E-state index contributed by atoms with van der Waals surface area (Å²) in [6.07, 6.45) is 2.66. The van der Waals surface area contributed by atoms with Crippen molar-refractivity contribution < 1.29 is 9.52 Å². The molecule has 1 aromatic rings. The highest BCUT2D eigenvalue weighted by Gasteiger charge is 2.29. The normalized spacial score (nSPS) is 28.0. The first-order valence-corrected chi connectivity index (χ1v) is 6.75. The highest BCUT2D eigenvalue weighted by Crippen LogP contribution is 2.28. The molecule has 0 aliphatic carbocycles. The summed E-state index contributed by atoms with van der Waals surface area (Å²) in [5.41, 5.74) is 5.36. The van der Waals surface area contributed by atoms with Gasteiger partial charge < -0.3 is 15.3 Å². The zero-order valence-electron chi connectivity index (χ0n) is 11.4. The van der Waals surface area contributed by atoms with Crippen molar-refractivity contribution in [2.45, 2.75) is 44.8 Å². The molecule has 4 heteroatoms. The summed E-state index contributed by atoms with van der Waals surface area (Å²) in [6.45, 7) is 6.26. The van der Waals surface area contributed by atoms with Gasteiger partial charge >= 0.3 is 0 Å². The maximum Gasteiger partial charge on any atom is 0.122 e. The van der Waals surface area contributed by atoms with E-state index in [1.165, 1.54) is 0 Å². The second kappa shape index (κ2) is 5.43.